The quantitative estimate of drug-likeness (QED) is 0.652. The highest BCUT2D eigenvalue weighted by atomic mass is 16.3. The number of amides is 1. The largest absolute Gasteiger partial charge is 0.394 e. The van der Waals surface area contributed by atoms with Crippen LogP contribution in [0.1, 0.15) is 46.5 Å². The molecule has 1 amide bonds. The van der Waals surface area contributed by atoms with Crippen molar-refractivity contribution in [3.8, 4) is 0 Å². The second-order valence-corrected chi connectivity index (χ2v) is 5.48. The number of carbonyl (C=O) groups excluding carboxylic acids is 1. The Balaban J connectivity index is 2.72. The molecule has 4 nitrogen and oxygen atoms in total. The normalized spacial score (nSPS) is 27.8. The molecule has 2 unspecified atom stereocenters. The lowest BCUT2D eigenvalue weighted by molar-refractivity contribution is -0.133. The summed E-state index contributed by atoms with van der Waals surface area (Å²) in [4.78, 5) is 12.4. The lowest BCUT2D eigenvalue weighted by Gasteiger charge is -2.34. The molecule has 1 aliphatic heterocycles. The van der Waals surface area contributed by atoms with Gasteiger partial charge in [-0.2, -0.15) is 0 Å². The van der Waals surface area contributed by atoms with Crippen LogP contribution in [0.15, 0.2) is 0 Å². The third-order valence-corrected chi connectivity index (χ3v) is 4.00. The molecule has 0 aromatic rings. The molecule has 4 heteroatoms. The van der Waals surface area contributed by atoms with E-state index in [1.54, 1.807) is 0 Å². The molecule has 1 heterocycles. The molecule has 0 bridgehead atoms. The first-order valence-corrected chi connectivity index (χ1v) is 6.66. The van der Waals surface area contributed by atoms with Gasteiger partial charge in [-0.1, -0.05) is 20.3 Å². The zero-order valence-electron chi connectivity index (χ0n) is 11.3. The monoisotopic (exact) mass is 242 g/mol. The lowest BCUT2D eigenvalue weighted by Crippen LogP contribution is -2.54. The Hall–Kier alpha value is -0.610. The Morgan fingerprint density at radius 1 is 1.53 bits per heavy atom. The van der Waals surface area contributed by atoms with E-state index in [4.69, 9.17) is 0 Å². The minimum Gasteiger partial charge on any atom is -0.394 e. The molecule has 2 atom stereocenters. The number of carbonyl (C=O) groups is 1. The van der Waals surface area contributed by atoms with Gasteiger partial charge in [0.1, 0.15) is 0 Å². The molecular weight excluding hydrogens is 216 g/mol. The average Bonchev–Trinajstić information content (AvgIpc) is 2.79. The smallest absolute Gasteiger partial charge is 0.228 e. The predicted molar refractivity (Wildman–Crippen MR) is 68.8 cm³/mol. The molecule has 1 aliphatic rings. The van der Waals surface area contributed by atoms with Crippen LogP contribution in [-0.4, -0.2) is 36.2 Å². The van der Waals surface area contributed by atoms with E-state index in [9.17, 15) is 9.90 Å². The molecule has 100 valence electrons. The van der Waals surface area contributed by atoms with Crippen LogP contribution in [0, 0.1) is 5.41 Å². The van der Waals surface area contributed by atoms with Crippen LogP contribution in [0.3, 0.4) is 0 Å². The zero-order chi connectivity index (χ0) is 12.9. The van der Waals surface area contributed by atoms with Crippen molar-refractivity contribution >= 4 is 5.91 Å². The minimum absolute atomic E-state index is 0.00905. The van der Waals surface area contributed by atoms with Gasteiger partial charge in [-0.05, 0) is 32.7 Å². The second-order valence-electron chi connectivity index (χ2n) is 5.48. The zero-order valence-corrected chi connectivity index (χ0v) is 11.3. The third-order valence-electron chi connectivity index (χ3n) is 4.00. The van der Waals surface area contributed by atoms with E-state index < -0.39 is 5.54 Å². The molecule has 0 radical (unpaired) electrons. The predicted octanol–water partition coefficient (Wildman–Crippen LogP) is 1.04. The van der Waals surface area contributed by atoms with Crippen molar-refractivity contribution in [3.05, 3.63) is 0 Å². The lowest BCUT2D eigenvalue weighted by atomic mass is 9.80. The molecule has 0 aromatic carbocycles. The van der Waals surface area contributed by atoms with Crippen molar-refractivity contribution in [2.45, 2.75) is 52.0 Å². The van der Waals surface area contributed by atoms with Gasteiger partial charge in [0.05, 0.1) is 17.6 Å². The molecule has 0 aliphatic carbocycles. The van der Waals surface area contributed by atoms with Crippen molar-refractivity contribution < 1.29 is 9.90 Å². The van der Waals surface area contributed by atoms with E-state index in [1.807, 2.05) is 13.8 Å². The second kappa shape index (κ2) is 5.83. The molecule has 1 saturated heterocycles. The first kappa shape index (κ1) is 14.5. The highest BCUT2D eigenvalue weighted by Crippen LogP contribution is 2.32. The van der Waals surface area contributed by atoms with Crippen molar-refractivity contribution in [2.24, 2.45) is 5.41 Å². The number of rotatable bonds is 6. The molecule has 1 fully saturated rings. The molecule has 0 saturated carbocycles. The highest BCUT2D eigenvalue weighted by molar-refractivity contribution is 5.84. The maximum Gasteiger partial charge on any atom is 0.228 e. The van der Waals surface area contributed by atoms with Crippen molar-refractivity contribution in [1.29, 1.82) is 0 Å². The molecule has 0 spiro atoms. The fourth-order valence-corrected chi connectivity index (χ4v) is 2.39. The third kappa shape index (κ3) is 3.19. The summed E-state index contributed by atoms with van der Waals surface area (Å²) >= 11 is 0. The Morgan fingerprint density at radius 3 is 2.65 bits per heavy atom. The minimum atomic E-state index is -0.486. The number of hydrogen-bond donors (Lipinski definition) is 3. The maximum absolute atomic E-state index is 12.4. The number of hydrogen-bond acceptors (Lipinski definition) is 3. The summed E-state index contributed by atoms with van der Waals surface area (Å²) in [7, 11) is 0. The summed E-state index contributed by atoms with van der Waals surface area (Å²) < 4.78 is 0. The molecule has 3 N–H and O–H groups in total. The molecule has 17 heavy (non-hydrogen) atoms. The van der Waals surface area contributed by atoms with Crippen LogP contribution < -0.4 is 10.6 Å². The number of aliphatic hydroxyl groups excluding tert-OH is 1. The molecular formula is C13H26N2O2. The van der Waals surface area contributed by atoms with Gasteiger partial charge in [-0.3, -0.25) is 4.79 Å². The van der Waals surface area contributed by atoms with Gasteiger partial charge in [0.2, 0.25) is 5.91 Å². The Labute approximate surface area is 104 Å². The Kier molecular flexibility index (Phi) is 4.95. The van der Waals surface area contributed by atoms with Gasteiger partial charge in [0.15, 0.2) is 0 Å². The summed E-state index contributed by atoms with van der Waals surface area (Å²) in [5, 5.41) is 15.7. The van der Waals surface area contributed by atoms with Gasteiger partial charge in [-0.25, -0.2) is 0 Å². The van der Waals surface area contributed by atoms with Crippen molar-refractivity contribution in [2.75, 3.05) is 19.7 Å². The van der Waals surface area contributed by atoms with Gasteiger partial charge < -0.3 is 15.7 Å². The van der Waals surface area contributed by atoms with E-state index >= 15 is 0 Å². The van der Waals surface area contributed by atoms with Crippen LogP contribution >= 0.6 is 0 Å². The Morgan fingerprint density at radius 2 is 2.24 bits per heavy atom. The highest BCUT2D eigenvalue weighted by Gasteiger charge is 2.42. The number of nitrogens with one attached hydrogen (secondary N) is 2. The van der Waals surface area contributed by atoms with Crippen LogP contribution in [0.2, 0.25) is 0 Å². The number of aliphatic hydroxyl groups is 1. The van der Waals surface area contributed by atoms with Crippen LogP contribution in [0.4, 0.5) is 0 Å². The van der Waals surface area contributed by atoms with E-state index in [1.165, 1.54) is 0 Å². The van der Waals surface area contributed by atoms with E-state index in [0.717, 1.165) is 38.8 Å². The summed E-state index contributed by atoms with van der Waals surface area (Å²) in [6, 6.07) is 0. The molecule has 1 rings (SSSR count). The van der Waals surface area contributed by atoms with Crippen LogP contribution in [0.5, 0.6) is 0 Å². The standard InChI is InChI=1S/C13H26N2O2/c1-4-6-13(7-8-14-9-13)11(17)15-12(3,5-2)10-16/h14,16H,4-10H2,1-3H3,(H,15,17). The Bertz CT molecular complexity index is 256. The first-order chi connectivity index (χ1) is 8.02. The van der Waals surface area contributed by atoms with E-state index in [0.29, 0.717) is 0 Å². The van der Waals surface area contributed by atoms with E-state index in [2.05, 4.69) is 17.6 Å². The van der Waals surface area contributed by atoms with Gasteiger partial charge in [-0.15, -0.1) is 0 Å². The van der Waals surface area contributed by atoms with Crippen LogP contribution in [0.25, 0.3) is 0 Å². The fourth-order valence-electron chi connectivity index (χ4n) is 2.39. The van der Waals surface area contributed by atoms with Crippen molar-refractivity contribution in [1.82, 2.24) is 10.6 Å². The maximum atomic E-state index is 12.4. The SMILES string of the molecule is CCCC1(C(=O)NC(C)(CC)CO)CCNC1. The van der Waals surface area contributed by atoms with Crippen molar-refractivity contribution in [3.63, 3.8) is 0 Å². The van der Waals surface area contributed by atoms with Crippen LogP contribution in [-0.2, 0) is 4.79 Å². The van der Waals surface area contributed by atoms with E-state index in [-0.39, 0.29) is 17.9 Å². The molecule has 0 aromatic heterocycles. The summed E-state index contributed by atoms with van der Waals surface area (Å²) in [6.45, 7) is 7.65. The summed E-state index contributed by atoms with van der Waals surface area (Å²) in [5.41, 5.74) is -0.749. The van der Waals surface area contributed by atoms with Gasteiger partial charge >= 0.3 is 0 Å². The fraction of sp³-hybridized carbons (Fsp3) is 0.923. The summed E-state index contributed by atoms with van der Waals surface area (Å²) in [5.74, 6) is 0.0998. The topological polar surface area (TPSA) is 61.4 Å². The average molecular weight is 242 g/mol. The first-order valence-electron chi connectivity index (χ1n) is 6.66. The van der Waals surface area contributed by atoms with Gasteiger partial charge in [0.25, 0.3) is 0 Å². The van der Waals surface area contributed by atoms with Gasteiger partial charge in [0, 0.05) is 6.54 Å². The summed E-state index contributed by atoms with van der Waals surface area (Å²) in [6.07, 6.45) is 3.57.